The van der Waals surface area contributed by atoms with E-state index < -0.39 is 5.54 Å². The zero-order chi connectivity index (χ0) is 20.0. The first-order valence-corrected chi connectivity index (χ1v) is 10.0. The molecule has 0 radical (unpaired) electrons. The van der Waals surface area contributed by atoms with E-state index in [9.17, 15) is 3.89 Å². The molecule has 2 aromatic rings. The molecule has 0 spiro atoms. The van der Waals surface area contributed by atoms with Gasteiger partial charge in [-0.25, -0.2) is 0 Å². The van der Waals surface area contributed by atoms with Crippen LogP contribution in [-0.4, -0.2) is 10.8 Å². The van der Waals surface area contributed by atoms with E-state index in [1.165, 1.54) is 6.20 Å². The number of halogens is 1. The lowest BCUT2D eigenvalue weighted by Crippen LogP contribution is -2.30. The average molecular weight is 386 g/mol. The molecule has 1 aliphatic carbocycles. The highest BCUT2D eigenvalue weighted by Crippen LogP contribution is 2.52. The molecule has 1 saturated carbocycles. The Morgan fingerprint density at radius 1 is 1.22 bits per heavy atom. The largest absolute Gasteiger partial charge is 0.388 e. The van der Waals surface area contributed by atoms with Crippen molar-refractivity contribution in [2.75, 3.05) is 0 Å². The number of pyridine rings is 1. The highest BCUT2D eigenvalue weighted by Gasteiger charge is 2.47. The van der Waals surface area contributed by atoms with E-state index in [4.69, 9.17) is 10.7 Å². The lowest BCUT2D eigenvalue weighted by atomic mass is 9.79. The predicted molar refractivity (Wildman–Crippen MR) is 114 cm³/mol. The first-order valence-electron chi connectivity index (χ1n) is 9.30. The van der Waals surface area contributed by atoms with E-state index >= 15 is 0 Å². The molecule has 1 aliphatic rings. The van der Waals surface area contributed by atoms with Gasteiger partial charge in [0.15, 0.2) is 0 Å². The maximum absolute atomic E-state index is 12.9. The highest BCUT2D eigenvalue weighted by molar-refractivity contribution is 7.94. The van der Waals surface area contributed by atoms with Crippen molar-refractivity contribution < 1.29 is 3.89 Å². The summed E-state index contributed by atoms with van der Waals surface area (Å²) in [6.07, 6.45) is 5.49. The van der Waals surface area contributed by atoms with E-state index in [-0.39, 0.29) is 12.1 Å². The van der Waals surface area contributed by atoms with E-state index in [1.807, 2.05) is 39.8 Å². The fraction of sp³-hybridized carbons (Fsp3) is 0.364. The summed E-state index contributed by atoms with van der Waals surface area (Å²) in [6.45, 7) is 12.0. The molecular formula is C22H28FN3S. The molecular weight excluding hydrogens is 357 g/mol. The van der Waals surface area contributed by atoms with Crippen LogP contribution in [-0.2, 0) is 5.54 Å². The number of nitrogens with zero attached hydrogens (tertiary/aromatic N) is 2. The summed E-state index contributed by atoms with van der Waals surface area (Å²) in [5.41, 5.74) is 9.39. The number of aromatic nitrogens is 1. The molecule has 3 nitrogen and oxygen atoms in total. The molecule has 27 heavy (non-hydrogen) atoms. The third-order valence-electron chi connectivity index (χ3n) is 4.61. The number of aliphatic imine (C=N–C) groups is 1. The van der Waals surface area contributed by atoms with Crippen LogP contribution in [0.5, 0.6) is 0 Å². The van der Waals surface area contributed by atoms with Crippen LogP contribution in [0.25, 0.3) is 11.1 Å². The second kappa shape index (κ2) is 9.18. The van der Waals surface area contributed by atoms with E-state index in [2.05, 4.69) is 23.7 Å². The zero-order valence-electron chi connectivity index (χ0n) is 16.5. The van der Waals surface area contributed by atoms with Gasteiger partial charge in [0.05, 0.1) is 22.9 Å². The monoisotopic (exact) mass is 385 g/mol. The van der Waals surface area contributed by atoms with Gasteiger partial charge in [-0.15, -0.1) is 0 Å². The number of hydrogen-bond acceptors (Lipinski definition) is 3. The molecule has 0 saturated heterocycles. The van der Waals surface area contributed by atoms with Crippen molar-refractivity contribution in [1.29, 1.82) is 0 Å². The molecule has 144 valence electrons. The molecule has 0 aliphatic heterocycles. The number of amidine groups is 1. The van der Waals surface area contributed by atoms with Gasteiger partial charge in [-0.1, -0.05) is 38.6 Å². The molecule has 2 N–H and O–H groups in total. The van der Waals surface area contributed by atoms with Gasteiger partial charge < -0.3 is 5.73 Å². The van der Waals surface area contributed by atoms with Crippen molar-refractivity contribution in [3.63, 3.8) is 0 Å². The smallest absolute Gasteiger partial charge is 0.111 e. The summed E-state index contributed by atoms with van der Waals surface area (Å²) in [7, 11) is 0. The summed E-state index contributed by atoms with van der Waals surface area (Å²) in [4.78, 5) is 9.45. The van der Waals surface area contributed by atoms with Crippen LogP contribution in [0.2, 0.25) is 0 Å². The third kappa shape index (κ3) is 4.59. The van der Waals surface area contributed by atoms with Crippen LogP contribution < -0.4 is 5.73 Å². The fourth-order valence-corrected chi connectivity index (χ4v) is 3.69. The van der Waals surface area contributed by atoms with Gasteiger partial charge in [0.25, 0.3) is 0 Å². The van der Waals surface area contributed by atoms with Crippen molar-refractivity contribution in [3.8, 4) is 11.1 Å². The molecule has 1 fully saturated rings. The average Bonchev–Trinajstić information content (AvgIpc) is 3.53. The number of rotatable bonds is 6. The quantitative estimate of drug-likeness (QED) is 0.360. The molecule has 1 atom stereocenters. The first-order chi connectivity index (χ1) is 13.0. The minimum atomic E-state index is -0.491. The minimum Gasteiger partial charge on any atom is -0.388 e. The lowest BCUT2D eigenvalue weighted by Gasteiger charge is -2.32. The van der Waals surface area contributed by atoms with Crippen molar-refractivity contribution in [3.05, 3.63) is 60.4 Å². The van der Waals surface area contributed by atoms with E-state index in [1.54, 1.807) is 12.3 Å². The van der Waals surface area contributed by atoms with Gasteiger partial charge >= 0.3 is 0 Å². The number of nitrogens with two attached hydrogens (primary N) is 1. The van der Waals surface area contributed by atoms with Crippen LogP contribution in [0.4, 0.5) is 3.89 Å². The van der Waals surface area contributed by atoms with Gasteiger partial charge in [-0.3, -0.25) is 9.98 Å². The Labute approximate surface area is 166 Å². The van der Waals surface area contributed by atoms with Crippen LogP contribution >= 0.6 is 12.1 Å². The van der Waals surface area contributed by atoms with Gasteiger partial charge in [0.2, 0.25) is 0 Å². The normalized spacial score (nSPS) is 16.1. The summed E-state index contributed by atoms with van der Waals surface area (Å²) in [6, 6.07) is 9.98. The van der Waals surface area contributed by atoms with Gasteiger partial charge in [-0.2, -0.15) is 3.89 Å². The number of benzene rings is 1. The first kappa shape index (κ1) is 21.2. The molecule has 5 heteroatoms. The molecule has 1 aromatic heterocycles. The van der Waals surface area contributed by atoms with E-state index in [0.717, 1.165) is 35.1 Å². The zero-order valence-corrected chi connectivity index (χ0v) is 17.3. The van der Waals surface area contributed by atoms with Gasteiger partial charge in [-0.05, 0) is 61.4 Å². The molecule has 0 amide bonds. The van der Waals surface area contributed by atoms with Crippen molar-refractivity contribution in [2.45, 2.75) is 51.0 Å². The fourth-order valence-electron chi connectivity index (χ4n) is 3.42. The van der Waals surface area contributed by atoms with Crippen LogP contribution in [0, 0.1) is 5.92 Å². The molecule has 0 unspecified atom stereocenters. The minimum absolute atomic E-state index is 0.201. The third-order valence-corrected chi connectivity index (χ3v) is 5.01. The van der Waals surface area contributed by atoms with Crippen molar-refractivity contribution >= 4 is 18.0 Å². The Kier molecular flexibility index (Phi) is 7.19. The van der Waals surface area contributed by atoms with E-state index in [0.29, 0.717) is 16.6 Å². The van der Waals surface area contributed by atoms with Crippen molar-refractivity contribution in [1.82, 2.24) is 4.98 Å². The summed E-state index contributed by atoms with van der Waals surface area (Å²) in [5.74, 6) is 0.974. The Hall–Kier alpha value is -2.14. The van der Waals surface area contributed by atoms with Crippen LogP contribution in [0.15, 0.2) is 64.8 Å². The Bertz CT molecular complexity index is 826. The Balaban J connectivity index is 0.00000126. The Morgan fingerprint density at radius 3 is 2.48 bits per heavy atom. The summed E-state index contributed by atoms with van der Waals surface area (Å²) >= 11 is 0.201. The van der Waals surface area contributed by atoms with Gasteiger partial charge in [0.1, 0.15) is 5.54 Å². The maximum Gasteiger partial charge on any atom is 0.111 e. The standard InChI is InChI=1S/C20H22FN3S.C2H6/c1-13(2)20(17-7-8-17,24-14(3)22)18-6-4-5-15(9-18)16-10-19(25-21)12-23-11-16;1-2/h4-6,9-12,17H,1,7-8H2,2-3H3,(H2,22,24);1-2H3/t20-;/m1./s1. The lowest BCUT2D eigenvalue weighted by molar-refractivity contribution is 0.460. The second-order valence-electron chi connectivity index (χ2n) is 6.64. The summed E-state index contributed by atoms with van der Waals surface area (Å²) < 4.78 is 12.9. The SMILES string of the molecule is C=C(C)[C@](N=C(C)N)(c1cccc(-c2cncc(SF)c2)c1)C1CC1.CC. The van der Waals surface area contributed by atoms with Crippen molar-refractivity contribution in [2.24, 2.45) is 16.6 Å². The molecule has 0 bridgehead atoms. The molecule has 1 heterocycles. The molecule has 1 aromatic carbocycles. The van der Waals surface area contributed by atoms with Gasteiger partial charge in [0, 0.05) is 18.0 Å². The highest BCUT2D eigenvalue weighted by atomic mass is 32.2. The maximum atomic E-state index is 12.9. The Morgan fingerprint density at radius 2 is 1.93 bits per heavy atom. The molecule has 3 rings (SSSR count). The summed E-state index contributed by atoms with van der Waals surface area (Å²) in [5, 5.41) is 0. The predicted octanol–water partition coefficient (Wildman–Crippen LogP) is 6.31. The van der Waals surface area contributed by atoms with Crippen LogP contribution in [0.3, 0.4) is 0 Å². The van der Waals surface area contributed by atoms with Crippen LogP contribution in [0.1, 0.15) is 46.1 Å². The topological polar surface area (TPSA) is 51.3 Å². The number of hydrogen-bond donors (Lipinski definition) is 1. The second-order valence-corrected chi connectivity index (χ2v) is 7.27.